The number of hydrogen-bond donors (Lipinski definition) is 3. The van der Waals surface area contributed by atoms with E-state index in [0.29, 0.717) is 31.6 Å². The average molecular weight is 613 g/mol. The lowest BCUT2D eigenvalue weighted by Crippen LogP contribution is -2.34. The number of alkyl carbamates (subject to hydrolysis) is 1. The Kier molecular flexibility index (Phi) is 9.90. The molecule has 4 rings (SSSR count). The Balaban J connectivity index is 1.38. The van der Waals surface area contributed by atoms with Crippen LogP contribution >= 0.6 is 0 Å². The molecule has 0 spiro atoms. The Bertz CT molecular complexity index is 1460. The summed E-state index contributed by atoms with van der Waals surface area (Å²) in [5.74, 6) is -0.654. The smallest absolute Gasteiger partial charge is 0.419 e. The first kappa shape index (κ1) is 32.4. The minimum Gasteiger partial charge on any atom is -0.446 e. The van der Waals surface area contributed by atoms with Gasteiger partial charge in [0.1, 0.15) is 29.5 Å². The third-order valence-corrected chi connectivity index (χ3v) is 6.78. The van der Waals surface area contributed by atoms with Crippen LogP contribution in [0.15, 0.2) is 36.9 Å². The summed E-state index contributed by atoms with van der Waals surface area (Å²) in [6, 6.07) is 4.34. The number of hydrogen-bond acceptors (Lipinski definition) is 9. The molecule has 1 aliphatic carbocycles. The van der Waals surface area contributed by atoms with Crippen LogP contribution in [-0.2, 0) is 15.0 Å². The zero-order valence-corrected chi connectivity index (χ0v) is 26.0. The Labute approximate surface area is 255 Å². The first-order valence-corrected chi connectivity index (χ1v) is 14.7. The van der Waals surface area contributed by atoms with Crippen LogP contribution in [0.25, 0.3) is 0 Å². The number of amides is 2. The summed E-state index contributed by atoms with van der Waals surface area (Å²) in [6.07, 6.45) is 5.74. The quantitative estimate of drug-likeness (QED) is 0.281. The van der Waals surface area contributed by atoms with Gasteiger partial charge in [0.25, 0.3) is 5.91 Å². The number of carbonyl (C=O) groups is 3. The zero-order chi connectivity index (χ0) is 32.1. The lowest BCUT2D eigenvalue weighted by Gasteiger charge is -2.23. The summed E-state index contributed by atoms with van der Waals surface area (Å²) >= 11 is 0. The topological polar surface area (TPSA) is 154 Å². The highest BCUT2D eigenvalue weighted by Gasteiger charge is 2.32. The highest BCUT2D eigenvalue weighted by Crippen LogP contribution is 2.38. The predicted molar refractivity (Wildman–Crippen MR) is 160 cm³/mol. The van der Waals surface area contributed by atoms with Gasteiger partial charge in [-0.1, -0.05) is 0 Å². The summed E-state index contributed by atoms with van der Waals surface area (Å²) < 4.78 is 28.8. The highest BCUT2D eigenvalue weighted by atomic mass is 19.1. The van der Waals surface area contributed by atoms with Gasteiger partial charge in [-0.05, 0) is 79.4 Å². The van der Waals surface area contributed by atoms with Crippen molar-refractivity contribution in [2.45, 2.75) is 90.4 Å². The number of rotatable bonds is 9. The van der Waals surface area contributed by atoms with Crippen molar-refractivity contribution in [3.8, 4) is 0 Å². The first-order chi connectivity index (χ1) is 20.7. The van der Waals surface area contributed by atoms with Gasteiger partial charge in [0.05, 0.1) is 11.2 Å². The summed E-state index contributed by atoms with van der Waals surface area (Å²) in [6.45, 7) is 11.8. The van der Waals surface area contributed by atoms with E-state index in [1.54, 1.807) is 25.5 Å². The molecule has 44 heavy (non-hydrogen) atoms. The molecule has 0 aliphatic heterocycles. The van der Waals surface area contributed by atoms with Crippen LogP contribution in [0, 0.1) is 5.82 Å². The Morgan fingerprint density at radius 2 is 1.82 bits per heavy atom. The van der Waals surface area contributed by atoms with Crippen LogP contribution in [0.2, 0.25) is 0 Å². The van der Waals surface area contributed by atoms with Gasteiger partial charge in [0.2, 0.25) is 0 Å². The van der Waals surface area contributed by atoms with Crippen molar-refractivity contribution in [3.05, 3.63) is 54.1 Å². The number of pyridine rings is 1. The first-order valence-electron chi connectivity index (χ1n) is 14.7. The summed E-state index contributed by atoms with van der Waals surface area (Å²) in [7, 11) is 0. The fraction of sp³-hybridized carbons (Fsp3) is 0.533. The van der Waals surface area contributed by atoms with E-state index in [-0.39, 0.29) is 30.1 Å². The largest absolute Gasteiger partial charge is 0.446 e. The average Bonchev–Trinajstić information content (AvgIpc) is 3.69. The normalized spacial score (nSPS) is 16.8. The van der Waals surface area contributed by atoms with Crippen molar-refractivity contribution < 1.29 is 28.2 Å². The number of imidazole rings is 1. The van der Waals surface area contributed by atoms with Gasteiger partial charge in [-0.15, -0.1) is 0 Å². The third-order valence-electron chi connectivity index (χ3n) is 6.78. The van der Waals surface area contributed by atoms with Gasteiger partial charge >= 0.3 is 12.2 Å². The molecule has 2 amide bonds. The van der Waals surface area contributed by atoms with Crippen molar-refractivity contribution in [2.24, 2.45) is 0 Å². The molecular formula is C30H41FN8O5. The molecule has 3 N–H and O–H groups in total. The standard InChI is InChI=1S/C30H41FN8O5/c1-29(2,3)39-24(17-23(37-39)19-8-9-20(16-19)43-28(42)38-15-14-32-18-38)36-25-21(31)10-11-22(35-25)26(40)33-12-7-13-34-27(41)44-30(4,5)6/h10-11,14-15,17-20H,7-9,12-13,16H2,1-6H3,(H,33,40)(H,34,41)(H,35,36)/t19-,20+/m0/s1. The number of nitrogens with zero attached hydrogens (tertiary/aromatic N) is 5. The predicted octanol–water partition coefficient (Wildman–Crippen LogP) is 5.08. The van der Waals surface area contributed by atoms with Crippen LogP contribution < -0.4 is 16.0 Å². The Morgan fingerprint density at radius 3 is 2.50 bits per heavy atom. The van der Waals surface area contributed by atoms with E-state index in [9.17, 15) is 18.8 Å². The molecule has 1 saturated carbocycles. The molecule has 0 saturated heterocycles. The molecule has 1 fully saturated rings. The minimum atomic E-state index is -0.626. The van der Waals surface area contributed by atoms with Gasteiger partial charge in [0, 0.05) is 37.5 Å². The maximum absolute atomic E-state index is 14.9. The zero-order valence-electron chi connectivity index (χ0n) is 26.0. The van der Waals surface area contributed by atoms with E-state index >= 15 is 0 Å². The molecule has 3 aromatic rings. The van der Waals surface area contributed by atoms with Crippen molar-refractivity contribution in [1.29, 1.82) is 0 Å². The maximum Gasteiger partial charge on any atom is 0.419 e. The Morgan fingerprint density at radius 1 is 1.07 bits per heavy atom. The van der Waals surface area contributed by atoms with Gasteiger partial charge in [-0.25, -0.2) is 33.2 Å². The molecule has 0 unspecified atom stereocenters. The van der Waals surface area contributed by atoms with Crippen LogP contribution in [0.1, 0.15) is 89.3 Å². The van der Waals surface area contributed by atoms with E-state index in [0.717, 1.165) is 12.1 Å². The molecule has 14 heteroatoms. The SMILES string of the molecule is CC(C)(C)OC(=O)NCCCNC(=O)c1ccc(F)c(Nc2cc([C@H]3CC[C@@H](OC(=O)n4ccnc4)C3)nn2C(C)(C)C)n1. The van der Waals surface area contributed by atoms with Crippen LogP contribution in [-0.4, -0.2) is 67.2 Å². The van der Waals surface area contributed by atoms with Gasteiger partial charge < -0.3 is 25.4 Å². The lowest BCUT2D eigenvalue weighted by atomic mass is 10.0. The van der Waals surface area contributed by atoms with Crippen molar-refractivity contribution in [3.63, 3.8) is 0 Å². The summed E-state index contributed by atoms with van der Waals surface area (Å²) in [4.78, 5) is 44.9. The number of aromatic nitrogens is 5. The molecule has 238 valence electrons. The summed E-state index contributed by atoms with van der Waals surface area (Å²) in [5.41, 5.74) is -0.222. The highest BCUT2D eigenvalue weighted by molar-refractivity contribution is 5.92. The molecular weight excluding hydrogens is 571 g/mol. The third kappa shape index (κ3) is 8.77. The van der Waals surface area contributed by atoms with Crippen LogP contribution in [0.4, 0.5) is 25.6 Å². The van der Waals surface area contributed by atoms with E-state index in [2.05, 4.69) is 25.9 Å². The molecule has 3 heterocycles. The van der Waals surface area contributed by atoms with Crippen molar-refractivity contribution in [2.75, 3.05) is 18.4 Å². The van der Waals surface area contributed by atoms with Gasteiger partial charge in [-0.2, -0.15) is 5.10 Å². The Hall–Kier alpha value is -4.49. The molecule has 0 radical (unpaired) electrons. The van der Waals surface area contributed by atoms with E-state index < -0.39 is 35.1 Å². The second kappa shape index (κ2) is 13.4. The van der Waals surface area contributed by atoms with Crippen LogP contribution in [0.5, 0.6) is 0 Å². The molecule has 0 aromatic carbocycles. The van der Waals surface area contributed by atoms with Gasteiger partial charge in [0.15, 0.2) is 11.6 Å². The number of carbonyl (C=O) groups excluding carboxylic acids is 3. The maximum atomic E-state index is 14.9. The van der Waals surface area contributed by atoms with E-state index in [4.69, 9.17) is 14.6 Å². The number of anilines is 2. The van der Waals surface area contributed by atoms with Gasteiger partial charge in [-0.3, -0.25) is 4.79 Å². The molecule has 3 aromatic heterocycles. The number of ether oxygens (including phenoxy) is 2. The molecule has 0 bridgehead atoms. The second-order valence-corrected chi connectivity index (χ2v) is 12.7. The summed E-state index contributed by atoms with van der Waals surface area (Å²) in [5, 5.41) is 13.2. The molecule has 1 aliphatic rings. The van der Waals surface area contributed by atoms with Crippen molar-refractivity contribution in [1.82, 2.24) is 34.9 Å². The number of halogens is 1. The fourth-order valence-corrected chi connectivity index (χ4v) is 4.75. The van der Waals surface area contributed by atoms with Crippen molar-refractivity contribution >= 4 is 29.7 Å². The second-order valence-electron chi connectivity index (χ2n) is 12.7. The van der Waals surface area contributed by atoms with Crippen LogP contribution in [0.3, 0.4) is 0 Å². The number of nitrogens with one attached hydrogen (secondary N) is 3. The minimum absolute atomic E-state index is 0.0365. The lowest BCUT2D eigenvalue weighted by molar-refractivity contribution is 0.0527. The fourth-order valence-electron chi connectivity index (χ4n) is 4.75. The van der Waals surface area contributed by atoms with E-state index in [1.165, 1.54) is 35.4 Å². The monoisotopic (exact) mass is 612 g/mol. The molecule has 2 atom stereocenters. The molecule has 13 nitrogen and oxygen atoms in total. The van der Waals surface area contributed by atoms with E-state index in [1.807, 2.05) is 26.8 Å².